The third kappa shape index (κ3) is 2.84. The molecule has 1 aromatic rings. The highest BCUT2D eigenvalue weighted by molar-refractivity contribution is 5.42. The highest BCUT2D eigenvalue weighted by atomic mass is 16.5. The Balaban J connectivity index is 3.09. The molecule has 0 aliphatic rings. The fraction of sp³-hybridized carbons (Fsp3) is 0.545. The van der Waals surface area contributed by atoms with Crippen molar-refractivity contribution >= 4 is 0 Å². The maximum atomic E-state index is 9.16. The first-order valence-corrected chi connectivity index (χ1v) is 4.98. The van der Waals surface area contributed by atoms with Gasteiger partial charge >= 0.3 is 0 Å². The lowest BCUT2D eigenvalue weighted by atomic mass is 9.94. The van der Waals surface area contributed by atoms with Crippen molar-refractivity contribution in [3.63, 3.8) is 0 Å². The second kappa shape index (κ2) is 5.14. The molecule has 1 unspecified atom stereocenters. The summed E-state index contributed by atoms with van der Waals surface area (Å²) in [6.45, 7) is 1.66. The molecule has 1 aromatic heterocycles. The van der Waals surface area contributed by atoms with Crippen LogP contribution in [0.4, 0.5) is 0 Å². The minimum absolute atomic E-state index is 0.109. The number of aromatic nitrogens is 1. The van der Waals surface area contributed by atoms with Crippen molar-refractivity contribution in [1.82, 2.24) is 4.98 Å². The van der Waals surface area contributed by atoms with Gasteiger partial charge < -0.3 is 20.3 Å². The normalized spacial score (nSPS) is 14.3. The number of aliphatic hydroxyl groups is 1. The quantitative estimate of drug-likeness (QED) is 0.757. The molecule has 0 saturated heterocycles. The molecule has 0 aromatic carbocycles. The minimum Gasteiger partial charge on any atom is -0.495 e. The summed E-state index contributed by atoms with van der Waals surface area (Å²) in [5, 5.41) is 9.16. The van der Waals surface area contributed by atoms with Gasteiger partial charge in [0.25, 0.3) is 0 Å². The van der Waals surface area contributed by atoms with E-state index in [0.717, 1.165) is 5.56 Å². The molecule has 1 atom stereocenters. The molecule has 0 fully saturated rings. The average molecular weight is 226 g/mol. The third-order valence-corrected chi connectivity index (χ3v) is 2.36. The van der Waals surface area contributed by atoms with Gasteiger partial charge in [-0.1, -0.05) is 0 Å². The predicted octanol–water partition coefficient (Wildman–Crippen LogP) is 0.351. The zero-order chi connectivity index (χ0) is 12.2. The summed E-state index contributed by atoms with van der Waals surface area (Å²) in [7, 11) is 3.12. The summed E-state index contributed by atoms with van der Waals surface area (Å²) in [4.78, 5) is 3.99. The number of hydrogen-bond acceptors (Lipinski definition) is 5. The summed E-state index contributed by atoms with van der Waals surface area (Å²) in [6.07, 6.45) is 3.66. The molecule has 3 N–H and O–H groups in total. The molecule has 0 spiro atoms. The first-order valence-electron chi connectivity index (χ1n) is 4.98. The van der Waals surface area contributed by atoms with Gasteiger partial charge in [-0.25, -0.2) is 0 Å². The Kier molecular flexibility index (Phi) is 4.09. The molecule has 1 heterocycles. The molecular weight excluding hydrogens is 208 g/mol. The van der Waals surface area contributed by atoms with Crippen LogP contribution in [0, 0.1) is 0 Å². The van der Waals surface area contributed by atoms with Crippen molar-refractivity contribution in [3.05, 3.63) is 18.0 Å². The fourth-order valence-electron chi connectivity index (χ4n) is 1.44. The average Bonchev–Trinajstić information content (AvgIpc) is 2.29. The van der Waals surface area contributed by atoms with E-state index in [1.54, 1.807) is 33.5 Å². The van der Waals surface area contributed by atoms with E-state index in [-0.39, 0.29) is 6.61 Å². The zero-order valence-corrected chi connectivity index (χ0v) is 9.86. The van der Waals surface area contributed by atoms with E-state index >= 15 is 0 Å². The molecule has 0 radical (unpaired) electrons. The van der Waals surface area contributed by atoms with Crippen LogP contribution in [-0.4, -0.2) is 36.5 Å². The van der Waals surface area contributed by atoms with Gasteiger partial charge in [0.1, 0.15) is 11.5 Å². The number of methoxy groups -OCH3 is 2. The summed E-state index contributed by atoms with van der Waals surface area (Å²) in [5.41, 5.74) is 6.03. The van der Waals surface area contributed by atoms with Gasteiger partial charge in [-0.2, -0.15) is 0 Å². The second-order valence-corrected chi connectivity index (χ2v) is 4.01. The van der Waals surface area contributed by atoms with Crippen LogP contribution in [-0.2, 0) is 6.42 Å². The molecule has 90 valence electrons. The molecule has 0 bridgehead atoms. The van der Waals surface area contributed by atoms with Crippen molar-refractivity contribution in [3.8, 4) is 11.5 Å². The van der Waals surface area contributed by atoms with Crippen LogP contribution in [0.3, 0.4) is 0 Å². The number of nitrogens with zero attached hydrogens (tertiary/aromatic N) is 1. The molecule has 5 heteroatoms. The number of hydrogen-bond donors (Lipinski definition) is 2. The lowest BCUT2D eigenvalue weighted by Gasteiger charge is -2.23. The summed E-state index contributed by atoms with van der Waals surface area (Å²) < 4.78 is 10.4. The van der Waals surface area contributed by atoms with E-state index in [1.165, 1.54) is 0 Å². The lowest BCUT2D eigenvalue weighted by molar-refractivity contribution is 0.206. The predicted molar refractivity (Wildman–Crippen MR) is 60.7 cm³/mol. The molecule has 0 aliphatic carbocycles. The van der Waals surface area contributed by atoms with Crippen LogP contribution < -0.4 is 15.2 Å². The Bertz CT molecular complexity index is 331. The molecule has 5 nitrogen and oxygen atoms in total. The van der Waals surface area contributed by atoms with Crippen molar-refractivity contribution in [2.24, 2.45) is 5.73 Å². The van der Waals surface area contributed by atoms with E-state index in [9.17, 15) is 0 Å². The van der Waals surface area contributed by atoms with Crippen LogP contribution in [0.25, 0.3) is 0 Å². The van der Waals surface area contributed by atoms with Crippen molar-refractivity contribution in [2.75, 3.05) is 20.8 Å². The molecule has 0 saturated carbocycles. The van der Waals surface area contributed by atoms with Gasteiger partial charge in [0.05, 0.1) is 33.2 Å². The summed E-state index contributed by atoms with van der Waals surface area (Å²) in [5.74, 6) is 1.23. The van der Waals surface area contributed by atoms with Crippen LogP contribution in [0.1, 0.15) is 12.5 Å². The van der Waals surface area contributed by atoms with E-state index in [2.05, 4.69) is 4.98 Å². The molecule has 0 amide bonds. The van der Waals surface area contributed by atoms with E-state index in [0.29, 0.717) is 17.9 Å². The SMILES string of the molecule is COc1cncc(OC)c1CC(C)(N)CO. The standard InChI is InChI=1S/C11H18N2O3/c1-11(12,7-14)4-8-9(15-2)5-13-6-10(8)16-3/h5-6,14H,4,7,12H2,1-3H3. The summed E-state index contributed by atoms with van der Waals surface area (Å²) in [6, 6.07) is 0. The first kappa shape index (κ1) is 12.7. The maximum Gasteiger partial charge on any atom is 0.144 e. The fourth-order valence-corrected chi connectivity index (χ4v) is 1.44. The number of nitrogens with two attached hydrogens (primary N) is 1. The van der Waals surface area contributed by atoms with Gasteiger partial charge in [-0.3, -0.25) is 4.98 Å². The lowest BCUT2D eigenvalue weighted by Crippen LogP contribution is -2.42. The van der Waals surface area contributed by atoms with Crippen molar-refractivity contribution < 1.29 is 14.6 Å². The van der Waals surface area contributed by atoms with Crippen molar-refractivity contribution in [1.29, 1.82) is 0 Å². The third-order valence-electron chi connectivity index (χ3n) is 2.36. The summed E-state index contributed by atoms with van der Waals surface area (Å²) >= 11 is 0. The topological polar surface area (TPSA) is 77.6 Å². The number of rotatable bonds is 5. The van der Waals surface area contributed by atoms with Gasteiger partial charge in [-0.05, 0) is 13.3 Å². The second-order valence-electron chi connectivity index (χ2n) is 4.01. The van der Waals surface area contributed by atoms with Gasteiger partial charge in [0, 0.05) is 11.1 Å². The zero-order valence-electron chi connectivity index (χ0n) is 9.86. The number of pyridine rings is 1. The monoisotopic (exact) mass is 226 g/mol. The Labute approximate surface area is 95.2 Å². The van der Waals surface area contributed by atoms with Crippen LogP contribution in [0.5, 0.6) is 11.5 Å². The smallest absolute Gasteiger partial charge is 0.144 e. The van der Waals surface area contributed by atoms with Crippen LogP contribution in [0.2, 0.25) is 0 Å². The minimum atomic E-state index is -0.706. The molecule has 16 heavy (non-hydrogen) atoms. The molecule has 0 aliphatic heterocycles. The highest BCUT2D eigenvalue weighted by Crippen LogP contribution is 2.29. The molecule has 1 rings (SSSR count). The van der Waals surface area contributed by atoms with Gasteiger partial charge in [0.15, 0.2) is 0 Å². The Morgan fingerprint density at radius 2 is 1.81 bits per heavy atom. The Morgan fingerprint density at radius 1 is 1.31 bits per heavy atom. The maximum absolute atomic E-state index is 9.16. The van der Waals surface area contributed by atoms with Gasteiger partial charge in [-0.15, -0.1) is 0 Å². The van der Waals surface area contributed by atoms with Crippen LogP contribution >= 0.6 is 0 Å². The van der Waals surface area contributed by atoms with Crippen molar-refractivity contribution in [2.45, 2.75) is 18.9 Å². The number of aliphatic hydroxyl groups excluding tert-OH is 1. The van der Waals surface area contributed by atoms with E-state index < -0.39 is 5.54 Å². The van der Waals surface area contributed by atoms with E-state index in [1.807, 2.05) is 0 Å². The Morgan fingerprint density at radius 3 is 2.19 bits per heavy atom. The van der Waals surface area contributed by atoms with Gasteiger partial charge in [0.2, 0.25) is 0 Å². The largest absolute Gasteiger partial charge is 0.495 e. The number of ether oxygens (including phenoxy) is 2. The Hall–Kier alpha value is -1.33. The first-order chi connectivity index (χ1) is 7.54. The van der Waals surface area contributed by atoms with Crippen LogP contribution in [0.15, 0.2) is 12.4 Å². The molecular formula is C11H18N2O3. The van der Waals surface area contributed by atoms with E-state index in [4.69, 9.17) is 20.3 Å². The highest BCUT2D eigenvalue weighted by Gasteiger charge is 2.22.